The molecule has 15 heavy (non-hydrogen) atoms. The van der Waals surface area contributed by atoms with Gasteiger partial charge in [-0.2, -0.15) is 11.8 Å². The summed E-state index contributed by atoms with van der Waals surface area (Å²) >= 11 is 1.88. The van der Waals surface area contributed by atoms with Crippen LogP contribution in [0.15, 0.2) is 16.5 Å². The Bertz CT molecular complexity index is 315. The second-order valence-corrected chi connectivity index (χ2v) is 4.83. The Morgan fingerprint density at radius 3 is 2.87 bits per heavy atom. The maximum Gasteiger partial charge on any atom is 0.185 e. The number of furan rings is 1. The zero-order valence-electron chi connectivity index (χ0n) is 8.48. The molecule has 1 aliphatic heterocycles. The number of thioether (sulfide) groups is 1. The summed E-state index contributed by atoms with van der Waals surface area (Å²) in [6, 6.07) is 3.59. The van der Waals surface area contributed by atoms with Crippen LogP contribution in [0.5, 0.6) is 0 Å². The van der Waals surface area contributed by atoms with Gasteiger partial charge in [0.2, 0.25) is 0 Å². The van der Waals surface area contributed by atoms with Crippen LogP contribution in [0.3, 0.4) is 0 Å². The van der Waals surface area contributed by atoms with E-state index >= 15 is 0 Å². The molecule has 3 nitrogen and oxygen atoms in total. The monoisotopic (exact) mass is 226 g/mol. The van der Waals surface area contributed by atoms with E-state index < -0.39 is 0 Å². The van der Waals surface area contributed by atoms with Crippen molar-refractivity contribution in [1.82, 2.24) is 0 Å². The van der Waals surface area contributed by atoms with E-state index in [0.29, 0.717) is 11.0 Å². The minimum Gasteiger partial charge on any atom is -0.457 e. The van der Waals surface area contributed by atoms with Gasteiger partial charge >= 0.3 is 0 Å². The first-order valence-electron chi connectivity index (χ1n) is 5.12. The molecule has 0 atom stereocenters. The van der Waals surface area contributed by atoms with E-state index in [1.165, 1.54) is 0 Å². The Kier molecular flexibility index (Phi) is 3.86. The third kappa shape index (κ3) is 3.11. The van der Waals surface area contributed by atoms with Crippen molar-refractivity contribution in [1.29, 1.82) is 0 Å². The lowest BCUT2D eigenvalue weighted by Gasteiger charge is -2.20. The van der Waals surface area contributed by atoms with Crippen LogP contribution in [0.1, 0.15) is 29.2 Å². The highest BCUT2D eigenvalue weighted by molar-refractivity contribution is 7.99. The molecule has 0 saturated carbocycles. The Hall–Kier alpha value is -0.740. The van der Waals surface area contributed by atoms with Crippen molar-refractivity contribution < 1.29 is 13.9 Å². The van der Waals surface area contributed by atoms with Crippen molar-refractivity contribution in [2.45, 2.75) is 23.8 Å². The summed E-state index contributed by atoms with van der Waals surface area (Å²) in [6.07, 6.45) is 2.97. The van der Waals surface area contributed by atoms with Gasteiger partial charge in [0.15, 0.2) is 12.0 Å². The van der Waals surface area contributed by atoms with Crippen LogP contribution in [0.2, 0.25) is 0 Å². The molecule has 1 saturated heterocycles. The molecular formula is C11H14O3S. The van der Waals surface area contributed by atoms with Gasteiger partial charge in [-0.15, -0.1) is 0 Å². The van der Waals surface area contributed by atoms with Crippen LogP contribution in [-0.2, 0) is 10.5 Å². The number of rotatable bonds is 4. The van der Waals surface area contributed by atoms with Gasteiger partial charge in [-0.3, -0.25) is 4.79 Å². The highest BCUT2D eigenvalue weighted by Crippen LogP contribution is 2.26. The van der Waals surface area contributed by atoms with Gasteiger partial charge in [-0.25, -0.2) is 0 Å². The lowest BCUT2D eigenvalue weighted by atomic mass is 10.2. The summed E-state index contributed by atoms with van der Waals surface area (Å²) in [5, 5.41) is 0.670. The molecule has 0 spiro atoms. The maximum atomic E-state index is 10.4. The molecule has 0 aromatic carbocycles. The Balaban J connectivity index is 1.79. The van der Waals surface area contributed by atoms with Crippen LogP contribution in [-0.4, -0.2) is 24.7 Å². The molecule has 0 amide bonds. The van der Waals surface area contributed by atoms with Gasteiger partial charge in [-0.05, 0) is 25.0 Å². The molecule has 2 heterocycles. The number of ether oxygens (including phenoxy) is 1. The molecule has 0 radical (unpaired) electrons. The lowest BCUT2D eigenvalue weighted by molar-refractivity contribution is 0.1000. The van der Waals surface area contributed by atoms with E-state index in [1.807, 2.05) is 17.8 Å². The molecular weight excluding hydrogens is 212 g/mol. The molecule has 0 bridgehead atoms. The van der Waals surface area contributed by atoms with Crippen LogP contribution >= 0.6 is 11.8 Å². The molecule has 82 valence electrons. The third-order valence-corrected chi connectivity index (χ3v) is 3.82. The minimum absolute atomic E-state index is 0.414. The summed E-state index contributed by atoms with van der Waals surface area (Å²) in [6.45, 7) is 1.74. The van der Waals surface area contributed by atoms with E-state index in [9.17, 15) is 4.79 Å². The van der Waals surface area contributed by atoms with Crippen molar-refractivity contribution >= 4 is 18.0 Å². The molecule has 2 rings (SSSR count). The summed E-state index contributed by atoms with van der Waals surface area (Å²) in [5.74, 6) is 2.14. The predicted octanol–water partition coefficient (Wildman–Crippen LogP) is 2.50. The number of aldehydes is 1. The molecule has 1 aromatic rings. The van der Waals surface area contributed by atoms with Crippen molar-refractivity contribution in [3.8, 4) is 0 Å². The Morgan fingerprint density at radius 2 is 2.20 bits per heavy atom. The Labute approximate surface area is 93.2 Å². The van der Waals surface area contributed by atoms with Crippen LogP contribution in [0, 0.1) is 0 Å². The van der Waals surface area contributed by atoms with E-state index in [4.69, 9.17) is 9.15 Å². The number of hydrogen-bond acceptors (Lipinski definition) is 4. The standard InChI is InChI=1S/C11H14O3S/c12-7-9-1-2-10(14-9)8-15-11-3-5-13-6-4-11/h1-2,7,11H,3-6,8H2. The largest absolute Gasteiger partial charge is 0.457 e. The zero-order chi connectivity index (χ0) is 10.5. The van der Waals surface area contributed by atoms with Crippen molar-refractivity contribution in [3.05, 3.63) is 23.7 Å². The first kappa shape index (κ1) is 10.8. The van der Waals surface area contributed by atoms with Crippen LogP contribution in [0.25, 0.3) is 0 Å². The third-order valence-electron chi connectivity index (χ3n) is 2.43. The van der Waals surface area contributed by atoms with E-state index in [0.717, 1.165) is 43.9 Å². The molecule has 1 fully saturated rings. The average molecular weight is 226 g/mol. The van der Waals surface area contributed by atoms with Crippen molar-refractivity contribution in [3.63, 3.8) is 0 Å². The fourth-order valence-corrected chi connectivity index (χ4v) is 2.66. The summed E-state index contributed by atoms with van der Waals surface area (Å²) in [5.41, 5.74) is 0. The highest BCUT2D eigenvalue weighted by atomic mass is 32.2. The van der Waals surface area contributed by atoms with Crippen molar-refractivity contribution in [2.75, 3.05) is 13.2 Å². The molecule has 0 unspecified atom stereocenters. The predicted molar refractivity (Wildman–Crippen MR) is 59.2 cm³/mol. The van der Waals surface area contributed by atoms with Gasteiger partial charge in [-0.1, -0.05) is 0 Å². The molecule has 0 aliphatic carbocycles. The van der Waals surface area contributed by atoms with Crippen LogP contribution < -0.4 is 0 Å². The summed E-state index contributed by atoms with van der Waals surface area (Å²) < 4.78 is 10.6. The lowest BCUT2D eigenvalue weighted by Crippen LogP contribution is -2.17. The highest BCUT2D eigenvalue weighted by Gasteiger charge is 2.14. The molecule has 1 aromatic heterocycles. The maximum absolute atomic E-state index is 10.4. The van der Waals surface area contributed by atoms with E-state index in [2.05, 4.69) is 0 Å². The van der Waals surface area contributed by atoms with Crippen LogP contribution in [0.4, 0.5) is 0 Å². The van der Waals surface area contributed by atoms with Gasteiger partial charge in [0, 0.05) is 18.5 Å². The first-order valence-corrected chi connectivity index (χ1v) is 6.16. The zero-order valence-corrected chi connectivity index (χ0v) is 9.29. The van der Waals surface area contributed by atoms with Crippen molar-refractivity contribution in [2.24, 2.45) is 0 Å². The van der Waals surface area contributed by atoms with Gasteiger partial charge < -0.3 is 9.15 Å². The minimum atomic E-state index is 0.414. The van der Waals surface area contributed by atoms with Gasteiger partial charge in [0.25, 0.3) is 0 Å². The topological polar surface area (TPSA) is 39.4 Å². The van der Waals surface area contributed by atoms with Gasteiger partial charge in [0.05, 0.1) is 5.75 Å². The smallest absolute Gasteiger partial charge is 0.185 e. The van der Waals surface area contributed by atoms with Gasteiger partial charge in [0.1, 0.15) is 5.76 Å². The number of carbonyl (C=O) groups is 1. The number of carbonyl (C=O) groups excluding carboxylic acids is 1. The normalized spacial score (nSPS) is 17.9. The van der Waals surface area contributed by atoms with E-state index in [-0.39, 0.29) is 0 Å². The molecule has 4 heteroatoms. The average Bonchev–Trinajstić information content (AvgIpc) is 2.76. The first-order chi connectivity index (χ1) is 7.38. The quantitative estimate of drug-likeness (QED) is 0.739. The second-order valence-electron chi connectivity index (χ2n) is 3.54. The second kappa shape index (κ2) is 5.37. The van der Waals surface area contributed by atoms with E-state index in [1.54, 1.807) is 6.07 Å². The molecule has 0 N–H and O–H groups in total. The Morgan fingerprint density at radius 1 is 1.40 bits per heavy atom. The summed E-state index contributed by atoms with van der Waals surface area (Å²) in [7, 11) is 0. The fourth-order valence-electron chi connectivity index (χ4n) is 1.58. The fraction of sp³-hybridized carbons (Fsp3) is 0.545. The summed E-state index contributed by atoms with van der Waals surface area (Å²) in [4.78, 5) is 10.4. The SMILES string of the molecule is O=Cc1ccc(CSC2CCOCC2)o1. The number of hydrogen-bond donors (Lipinski definition) is 0. The molecule has 1 aliphatic rings.